The first kappa shape index (κ1) is 18.9. The summed E-state index contributed by atoms with van der Waals surface area (Å²) in [6.07, 6.45) is 0.696. The van der Waals surface area contributed by atoms with Crippen molar-refractivity contribution in [2.24, 2.45) is 0 Å². The van der Waals surface area contributed by atoms with Crippen LogP contribution in [0.15, 0.2) is 36.4 Å². The maximum absolute atomic E-state index is 11.2. The predicted octanol–water partition coefficient (Wildman–Crippen LogP) is 3.38. The van der Waals surface area contributed by atoms with Gasteiger partial charge in [0.25, 0.3) is 22.7 Å². The smallest absolute Gasteiger partial charge is 0.290 e. The van der Waals surface area contributed by atoms with Gasteiger partial charge in [0, 0.05) is 23.8 Å². The van der Waals surface area contributed by atoms with Gasteiger partial charge in [0.15, 0.2) is 0 Å². The summed E-state index contributed by atoms with van der Waals surface area (Å²) < 4.78 is 0. The standard InChI is InChI=1S/C14H8N4O9/c19-14(8-1-3-9(4-2-8)15(20)21)7-11-12(17(24)25)5-10(16(22)23)6-13(11)18(26)27/h1-7,19H/b14-7-. The van der Waals surface area contributed by atoms with Gasteiger partial charge in [-0.2, -0.15) is 0 Å². The van der Waals surface area contributed by atoms with Crippen LogP contribution in [0.4, 0.5) is 22.7 Å². The van der Waals surface area contributed by atoms with Crippen LogP contribution in [-0.2, 0) is 0 Å². The van der Waals surface area contributed by atoms with E-state index < -0.39 is 48.1 Å². The van der Waals surface area contributed by atoms with Crippen LogP contribution in [0, 0.1) is 40.5 Å². The SMILES string of the molecule is O=[N+]([O-])c1ccc(/C(O)=C/c2c([N+](=O)[O-])cc([N+](=O)[O-])cc2[N+](=O)[O-])cc1. The van der Waals surface area contributed by atoms with Crippen molar-refractivity contribution in [1.29, 1.82) is 0 Å². The maximum atomic E-state index is 11.2. The Kier molecular flexibility index (Phi) is 5.06. The minimum absolute atomic E-state index is 0.0115. The molecule has 0 unspecified atom stereocenters. The van der Waals surface area contributed by atoms with Gasteiger partial charge < -0.3 is 5.11 Å². The number of nitro groups is 4. The van der Waals surface area contributed by atoms with Gasteiger partial charge in [-0.1, -0.05) is 0 Å². The molecule has 138 valence electrons. The Labute approximate surface area is 148 Å². The Hall–Kier alpha value is -4.42. The lowest BCUT2D eigenvalue weighted by Crippen LogP contribution is -2.01. The fraction of sp³-hybridized carbons (Fsp3) is 0. The summed E-state index contributed by atoms with van der Waals surface area (Å²) in [4.78, 5) is 40.0. The summed E-state index contributed by atoms with van der Waals surface area (Å²) in [6, 6.07) is 5.43. The average molecular weight is 376 g/mol. The number of non-ortho nitro benzene ring substituents is 2. The molecule has 0 spiro atoms. The highest BCUT2D eigenvalue weighted by atomic mass is 16.6. The van der Waals surface area contributed by atoms with Crippen molar-refractivity contribution in [3.63, 3.8) is 0 Å². The molecule has 0 bridgehead atoms. The van der Waals surface area contributed by atoms with E-state index in [1.54, 1.807) is 0 Å². The van der Waals surface area contributed by atoms with E-state index in [1.807, 2.05) is 0 Å². The first-order valence-corrected chi connectivity index (χ1v) is 6.88. The molecule has 0 fully saturated rings. The topological polar surface area (TPSA) is 193 Å². The van der Waals surface area contributed by atoms with Gasteiger partial charge in [-0.25, -0.2) is 0 Å². The van der Waals surface area contributed by atoms with Crippen LogP contribution in [0.3, 0.4) is 0 Å². The Balaban J connectivity index is 2.66. The number of hydrogen-bond acceptors (Lipinski definition) is 9. The zero-order chi connectivity index (χ0) is 20.3. The number of hydrogen-bond donors (Lipinski definition) is 1. The third-order valence-electron chi connectivity index (χ3n) is 3.38. The van der Waals surface area contributed by atoms with E-state index in [4.69, 9.17) is 0 Å². The maximum Gasteiger partial charge on any atom is 0.290 e. The molecule has 0 saturated heterocycles. The lowest BCUT2D eigenvalue weighted by atomic mass is 10.1. The van der Waals surface area contributed by atoms with E-state index in [1.165, 1.54) is 0 Å². The summed E-state index contributed by atoms with van der Waals surface area (Å²) in [5, 5.41) is 53.9. The average Bonchev–Trinajstić information content (AvgIpc) is 2.61. The molecule has 2 aromatic rings. The molecule has 0 aliphatic rings. The molecule has 0 aromatic heterocycles. The van der Waals surface area contributed by atoms with E-state index in [-0.39, 0.29) is 11.3 Å². The first-order valence-electron chi connectivity index (χ1n) is 6.88. The van der Waals surface area contributed by atoms with Crippen molar-refractivity contribution in [1.82, 2.24) is 0 Å². The summed E-state index contributed by atoms with van der Waals surface area (Å²) in [6.45, 7) is 0. The van der Waals surface area contributed by atoms with E-state index in [0.717, 1.165) is 24.3 Å². The van der Waals surface area contributed by atoms with Gasteiger partial charge in [0.1, 0.15) is 11.3 Å². The van der Waals surface area contributed by atoms with E-state index >= 15 is 0 Å². The van der Waals surface area contributed by atoms with Gasteiger partial charge in [0.2, 0.25) is 0 Å². The Bertz CT molecular complexity index is 963. The molecule has 2 rings (SSSR count). The summed E-state index contributed by atoms with van der Waals surface area (Å²) in [7, 11) is 0. The normalized spacial score (nSPS) is 11.0. The second-order valence-electron chi connectivity index (χ2n) is 5.00. The minimum Gasteiger partial charge on any atom is -0.507 e. The second kappa shape index (κ2) is 7.22. The van der Waals surface area contributed by atoms with E-state index in [2.05, 4.69) is 0 Å². The number of nitrogens with zero attached hydrogens (tertiary/aromatic N) is 4. The summed E-state index contributed by atoms with van der Waals surface area (Å²) in [5.74, 6) is -0.662. The Morgan fingerprint density at radius 1 is 0.741 bits per heavy atom. The second-order valence-corrected chi connectivity index (χ2v) is 5.00. The number of benzene rings is 2. The van der Waals surface area contributed by atoms with Crippen LogP contribution in [0.1, 0.15) is 11.1 Å². The monoisotopic (exact) mass is 376 g/mol. The first-order chi connectivity index (χ1) is 12.6. The van der Waals surface area contributed by atoms with Gasteiger partial charge in [-0.15, -0.1) is 0 Å². The molecule has 0 aliphatic carbocycles. The number of rotatable bonds is 6. The quantitative estimate of drug-likeness (QED) is 0.340. The van der Waals surface area contributed by atoms with Crippen molar-refractivity contribution in [3.05, 3.63) is 88.0 Å². The van der Waals surface area contributed by atoms with Gasteiger partial charge >= 0.3 is 0 Å². The van der Waals surface area contributed by atoms with Crippen LogP contribution < -0.4 is 0 Å². The molecule has 0 saturated carbocycles. The number of aliphatic hydroxyl groups excluding tert-OH is 1. The zero-order valence-electron chi connectivity index (χ0n) is 13.0. The molecule has 27 heavy (non-hydrogen) atoms. The molecule has 0 heterocycles. The Morgan fingerprint density at radius 3 is 1.56 bits per heavy atom. The molecule has 0 amide bonds. The minimum atomic E-state index is -1.06. The van der Waals surface area contributed by atoms with Crippen LogP contribution in [0.5, 0.6) is 0 Å². The van der Waals surface area contributed by atoms with Crippen LogP contribution >= 0.6 is 0 Å². The molecule has 0 aliphatic heterocycles. The molecular weight excluding hydrogens is 368 g/mol. The number of nitro benzene ring substituents is 4. The largest absolute Gasteiger partial charge is 0.507 e. The molecule has 0 radical (unpaired) electrons. The Morgan fingerprint density at radius 2 is 1.19 bits per heavy atom. The highest BCUT2D eigenvalue weighted by molar-refractivity contribution is 5.84. The third kappa shape index (κ3) is 3.98. The van der Waals surface area contributed by atoms with Crippen LogP contribution in [0.2, 0.25) is 0 Å². The summed E-state index contributed by atoms with van der Waals surface area (Å²) in [5.41, 5.74) is -3.72. The lowest BCUT2D eigenvalue weighted by molar-refractivity contribution is -0.403. The fourth-order valence-electron chi connectivity index (χ4n) is 2.14. The van der Waals surface area contributed by atoms with Gasteiger partial charge in [0.05, 0.1) is 31.8 Å². The molecule has 2 aromatic carbocycles. The van der Waals surface area contributed by atoms with E-state index in [0.29, 0.717) is 18.2 Å². The molecule has 13 nitrogen and oxygen atoms in total. The molecular formula is C14H8N4O9. The number of aliphatic hydroxyl groups is 1. The van der Waals surface area contributed by atoms with Crippen molar-refractivity contribution in [2.45, 2.75) is 0 Å². The third-order valence-corrected chi connectivity index (χ3v) is 3.38. The fourth-order valence-corrected chi connectivity index (χ4v) is 2.14. The predicted molar refractivity (Wildman–Crippen MR) is 90.0 cm³/mol. The van der Waals surface area contributed by atoms with Crippen molar-refractivity contribution >= 4 is 34.6 Å². The zero-order valence-corrected chi connectivity index (χ0v) is 13.0. The highest BCUT2D eigenvalue weighted by Crippen LogP contribution is 2.36. The van der Waals surface area contributed by atoms with Crippen molar-refractivity contribution < 1.29 is 24.8 Å². The van der Waals surface area contributed by atoms with Gasteiger partial charge in [-0.05, 0) is 12.1 Å². The lowest BCUT2D eigenvalue weighted by Gasteiger charge is -2.03. The molecule has 1 N–H and O–H groups in total. The molecule has 0 atom stereocenters. The van der Waals surface area contributed by atoms with Gasteiger partial charge in [-0.3, -0.25) is 40.5 Å². The van der Waals surface area contributed by atoms with Crippen molar-refractivity contribution in [3.8, 4) is 0 Å². The highest BCUT2D eigenvalue weighted by Gasteiger charge is 2.29. The van der Waals surface area contributed by atoms with Crippen LogP contribution in [-0.4, -0.2) is 24.8 Å². The van der Waals surface area contributed by atoms with Crippen LogP contribution in [0.25, 0.3) is 11.8 Å². The summed E-state index contributed by atoms with van der Waals surface area (Å²) >= 11 is 0. The van der Waals surface area contributed by atoms with Crippen molar-refractivity contribution in [2.75, 3.05) is 0 Å². The molecule has 13 heteroatoms. The van der Waals surface area contributed by atoms with E-state index in [9.17, 15) is 45.6 Å².